The van der Waals surface area contributed by atoms with Gasteiger partial charge >= 0.3 is 0 Å². The Bertz CT molecular complexity index is 507. The minimum Gasteiger partial charge on any atom is -0.354 e. The van der Waals surface area contributed by atoms with E-state index in [9.17, 15) is 4.79 Å². The number of benzene rings is 1. The van der Waals surface area contributed by atoms with Crippen LogP contribution in [0.25, 0.3) is 0 Å². The first-order valence-corrected chi connectivity index (χ1v) is 8.76. The molecule has 1 aromatic carbocycles. The van der Waals surface area contributed by atoms with E-state index in [0.717, 1.165) is 30.4 Å². The van der Waals surface area contributed by atoms with Crippen molar-refractivity contribution < 1.29 is 4.79 Å². The number of piperidine rings is 1. The van der Waals surface area contributed by atoms with Gasteiger partial charge in [0, 0.05) is 16.4 Å². The second-order valence-electron chi connectivity index (χ2n) is 6.36. The molecule has 0 bridgehead atoms. The minimum absolute atomic E-state index is 0.0124. The van der Waals surface area contributed by atoms with E-state index in [0.29, 0.717) is 0 Å². The maximum Gasteiger partial charge on any atom is 0.237 e. The van der Waals surface area contributed by atoms with Crippen LogP contribution in [0.5, 0.6) is 0 Å². The second-order valence-corrected chi connectivity index (χ2v) is 7.28. The summed E-state index contributed by atoms with van der Waals surface area (Å²) in [6.07, 6.45) is 6.90. The Morgan fingerprint density at radius 2 is 2.19 bits per heavy atom. The Morgan fingerprint density at radius 1 is 1.33 bits per heavy atom. The summed E-state index contributed by atoms with van der Waals surface area (Å²) < 4.78 is 1.12. The highest BCUT2D eigenvalue weighted by Gasteiger charge is 2.39. The van der Waals surface area contributed by atoms with Crippen molar-refractivity contribution in [2.45, 2.75) is 50.0 Å². The van der Waals surface area contributed by atoms with Gasteiger partial charge in [-0.1, -0.05) is 40.9 Å². The van der Waals surface area contributed by atoms with Crippen LogP contribution >= 0.6 is 15.9 Å². The highest BCUT2D eigenvalue weighted by molar-refractivity contribution is 9.10. The zero-order valence-electron chi connectivity index (χ0n) is 12.3. The highest BCUT2D eigenvalue weighted by atomic mass is 79.9. The zero-order valence-corrected chi connectivity index (χ0v) is 13.9. The van der Waals surface area contributed by atoms with E-state index in [2.05, 4.69) is 50.8 Å². The van der Waals surface area contributed by atoms with Crippen molar-refractivity contribution in [2.75, 3.05) is 13.1 Å². The summed E-state index contributed by atoms with van der Waals surface area (Å²) in [5.74, 6) is 0.177. The van der Waals surface area contributed by atoms with Crippen molar-refractivity contribution in [1.29, 1.82) is 0 Å². The summed E-state index contributed by atoms with van der Waals surface area (Å²) in [4.78, 5) is 12.3. The van der Waals surface area contributed by atoms with Gasteiger partial charge in [-0.05, 0) is 49.9 Å². The van der Waals surface area contributed by atoms with Crippen LogP contribution in [0, 0.1) is 0 Å². The van der Waals surface area contributed by atoms with Gasteiger partial charge in [0.1, 0.15) is 0 Å². The molecule has 1 amide bonds. The minimum atomic E-state index is 0.0124. The number of hydrogen-bond donors (Lipinski definition) is 2. The third-order valence-electron chi connectivity index (χ3n) is 4.98. The van der Waals surface area contributed by atoms with Crippen LogP contribution in [0.3, 0.4) is 0 Å². The number of amides is 1. The molecule has 2 N–H and O–H groups in total. The van der Waals surface area contributed by atoms with Crippen LogP contribution in [0.15, 0.2) is 28.7 Å². The molecule has 1 heterocycles. The Kier molecular flexibility index (Phi) is 4.65. The van der Waals surface area contributed by atoms with Gasteiger partial charge in [-0.15, -0.1) is 0 Å². The van der Waals surface area contributed by atoms with Crippen molar-refractivity contribution in [3.8, 4) is 0 Å². The fourth-order valence-electron chi connectivity index (χ4n) is 3.44. The molecule has 0 spiro atoms. The molecule has 1 unspecified atom stereocenters. The quantitative estimate of drug-likeness (QED) is 0.875. The van der Waals surface area contributed by atoms with Crippen LogP contribution in [0.2, 0.25) is 0 Å². The van der Waals surface area contributed by atoms with Gasteiger partial charge in [-0.2, -0.15) is 0 Å². The number of hydrogen-bond acceptors (Lipinski definition) is 2. The molecular formula is C17H23BrN2O. The molecule has 1 atom stereocenters. The summed E-state index contributed by atoms with van der Waals surface area (Å²) in [5.41, 5.74) is 1.49. The topological polar surface area (TPSA) is 41.1 Å². The normalized spacial score (nSPS) is 24.1. The van der Waals surface area contributed by atoms with Crippen molar-refractivity contribution in [2.24, 2.45) is 0 Å². The van der Waals surface area contributed by atoms with Crippen LogP contribution in [-0.2, 0) is 10.2 Å². The maximum absolute atomic E-state index is 12.3. The number of rotatable bonds is 4. The number of carbonyl (C=O) groups is 1. The molecule has 1 aromatic rings. The molecule has 3 nitrogen and oxygen atoms in total. The molecule has 2 fully saturated rings. The first kappa shape index (κ1) is 15.0. The van der Waals surface area contributed by atoms with Crippen LogP contribution in [0.1, 0.15) is 44.1 Å². The predicted octanol–water partition coefficient (Wildman–Crippen LogP) is 3.13. The van der Waals surface area contributed by atoms with Gasteiger partial charge in [-0.25, -0.2) is 0 Å². The van der Waals surface area contributed by atoms with Crippen LogP contribution in [-0.4, -0.2) is 25.0 Å². The van der Waals surface area contributed by atoms with Crippen molar-refractivity contribution >= 4 is 21.8 Å². The molecule has 4 heteroatoms. The lowest BCUT2D eigenvalue weighted by molar-refractivity contribution is -0.124. The van der Waals surface area contributed by atoms with Gasteiger partial charge < -0.3 is 10.6 Å². The van der Waals surface area contributed by atoms with E-state index in [1.54, 1.807) is 0 Å². The summed E-state index contributed by atoms with van der Waals surface area (Å²) in [6, 6.07) is 8.54. The molecule has 1 saturated carbocycles. The standard InChI is InChI=1S/C17H23BrN2O/c18-14-6-3-5-13(11-14)17(8-4-9-17)12-20-16(21)15-7-1-2-10-19-15/h3,5-6,11,15,19H,1-2,4,7-10,12H2,(H,20,21). The molecule has 114 valence electrons. The van der Waals surface area contributed by atoms with E-state index >= 15 is 0 Å². The van der Waals surface area contributed by atoms with Crippen molar-refractivity contribution in [3.05, 3.63) is 34.3 Å². The third-order valence-corrected chi connectivity index (χ3v) is 5.47. The molecule has 0 radical (unpaired) electrons. The Labute approximate surface area is 135 Å². The summed E-state index contributed by atoms with van der Waals surface area (Å²) in [6.45, 7) is 1.73. The average molecular weight is 351 g/mol. The highest BCUT2D eigenvalue weighted by Crippen LogP contribution is 2.43. The van der Waals surface area contributed by atoms with E-state index < -0.39 is 0 Å². The lowest BCUT2D eigenvalue weighted by atomic mass is 9.64. The number of halogens is 1. The molecule has 21 heavy (non-hydrogen) atoms. The molecule has 1 aliphatic heterocycles. The summed E-state index contributed by atoms with van der Waals surface area (Å²) >= 11 is 3.55. The fraction of sp³-hybridized carbons (Fsp3) is 0.588. The molecule has 1 saturated heterocycles. The smallest absolute Gasteiger partial charge is 0.237 e. The molecule has 0 aromatic heterocycles. The lowest BCUT2D eigenvalue weighted by Gasteiger charge is -2.43. The summed E-state index contributed by atoms with van der Waals surface area (Å²) in [5, 5.41) is 6.52. The monoisotopic (exact) mass is 350 g/mol. The van der Waals surface area contributed by atoms with E-state index in [4.69, 9.17) is 0 Å². The van der Waals surface area contributed by atoms with E-state index in [-0.39, 0.29) is 17.4 Å². The second kappa shape index (κ2) is 6.49. The molecule has 1 aliphatic carbocycles. The number of carbonyl (C=O) groups excluding carboxylic acids is 1. The van der Waals surface area contributed by atoms with Gasteiger partial charge in [-0.3, -0.25) is 4.79 Å². The zero-order chi connectivity index (χ0) is 14.7. The Hall–Kier alpha value is -0.870. The van der Waals surface area contributed by atoms with E-state index in [1.165, 1.54) is 31.2 Å². The molecule has 2 aliphatic rings. The Balaban J connectivity index is 1.63. The van der Waals surface area contributed by atoms with E-state index in [1.807, 2.05) is 0 Å². The molecule has 3 rings (SSSR count). The predicted molar refractivity (Wildman–Crippen MR) is 88.3 cm³/mol. The van der Waals surface area contributed by atoms with Crippen LogP contribution < -0.4 is 10.6 Å². The van der Waals surface area contributed by atoms with Gasteiger partial charge in [0.15, 0.2) is 0 Å². The fourth-order valence-corrected chi connectivity index (χ4v) is 3.84. The lowest BCUT2D eigenvalue weighted by Crippen LogP contribution is -2.52. The first-order valence-electron chi connectivity index (χ1n) is 7.97. The van der Waals surface area contributed by atoms with Crippen molar-refractivity contribution in [3.63, 3.8) is 0 Å². The number of nitrogens with one attached hydrogen (secondary N) is 2. The van der Waals surface area contributed by atoms with Gasteiger partial charge in [0.2, 0.25) is 5.91 Å². The first-order chi connectivity index (χ1) is 10.2. The molecular weight excluding hydrogens is 328 g/mol. The third kappa shape index (κ3) is 3.32. The maximum atomic E-state index is 12.3. The summed E-state index contributed by atoms with van der Waals surface area (Å²) in [7, 11) is 0. The van der Waals surface area contributed by atoms with Crippen molar-refractivity contribution in [1.82, 2.24) is 10.6 Å². The largest absolute Gasteiger partial charge is 0.354 e. The SMILES string of the molecule is O=C(NCC1(c2cccc(Br)c2)CCC1)C1CCCCN1. The van der Waals surface area contributed by atoms with Gasteiger partial charge in [0.25, 0.3) is 0 Å². The van der Waals surface area contributed by atoms with Crippen LogP contribution in [0.4, 0.5) is 0 Å². The Morgan fingerprint density at radius 3 is 2.81 bits per heavy atom. The van der Waals surface area contributed by atoms with Gasteiger partial charge in [0.05, 0.1) is 6.04 Å². The average Bonchev–Trinajstić information content (AvgIpc) is 2.47.